The van der Waals surface area contributed by atoms with Crippen molar-refractivity contribution in [2.75, 3.05) is 132 Å². The number of esters is 1. The summed E-state index contributed by atoms with van der Waals surface area (Å²) in [5.74, 6) is 3.46. The van der Waals surface area contributed by atoms with Crippen LogP contribution in [0.5, 0.6) is 5.75 Å². The van der Waals surface area contributed by atoms with Crippen LogP contribution >= 0.6 is 43.2 Å². The van der Waals surface area contributed by atoms with Gasteiger partial charge in [-0.15, -0.1) is 6.42 Å². The molecule has 3 fully saturated rings. The second-order valence-corrected chi connectivity index (χ2v) is 41.5. The zero-order valence-electron chi connectivity index (χ0n) is 86.8. The number of Topliss-reactive ketones (excluding diaryl/α,β-unsaturated/α-hetero) is 2. The molecule has 5 aliphatic heterocycles. The number of carboxylic acids is 1. The quantitative estimate of drug-likeness (QED) is 0.00257. The Morgan fingerprint density at radius 1 is 0.752 bits per heavy atom. The van der Waals surface area contributed by atoms with Gasteiger partial charge in [-0.2, -0.15) is 38.4 Å². The molecule has 46 heteroatoms. The minimum atomic E-state index is -2.44. The van der Waals surface area contributed by atoms with E-state index in [0.29, 0.717) is 126 Å². The molecular weight excluding hydrogens is 2010 g/mol. The van der Waals surface area contributed by atoms with Crippen molar-refractivity contribution in [1.82, 2.24) is 56.9 Å². The van der Waals surface area contributed by atoms with Crippen molar-refractivity contribution in [3.63, 3.8) is 0 Å². The Labute approximate surface area is 881 Å². The number of methoxy groups -OCH3 is 2. The third-order valence-electron chi connectivity index (χ3n) is 26.2. The molecule has 4 aromatic carbocycles. The van der Waals surface area contributed by atoms with Crippen LogP contribution in [-0.2, 0) is 113 Å². The summed E-state index contributed by atoms with van der Waals surface area (Å²) in [4.78, 5) is 227. The Morgan fingerprint density at radius 3 is 2.00 bits per heavy atom. The number of aliphatic carboxylic acids is 1. The van der Waals surface area contributed by atoms with E-state index in [9.17, 15) is 78.0 Å². The summed E-state index contributed by atoms with van der Waals surface area (Å²) in [6.07, 6.45) is 13.9. The number of anilines is 3. The molecule has 6 aromatic rings. The molecule has 814 valence electrons. The molecule has 149 heavy (non-hydrogen) atoms. The lowest BCUT2D eigenvalue weighted by Crippen LogP contribution is -2.82. The summed E-state index contributed by atoms with van der Waals surface area (Å²) in [7, 11) is 11.6. The number of nitrogens with zero attached hydrogens (tertiary/aromatic N) is 5. The summed E-state index contributed by atoms with van der Waals surface area (Å²) in [5.41, 5.74) is 11.8. The molecule has 1 aliphatic carbocycles. The molecule has 42 nitrogen and oxygen atoms in total. The van der Waals surface area contributed by atoms with Crippen molar-refractivity contribution in [3.8, 4) is 18.1 Å². The van der Waals surface area contributed by atoms with Gasteiger partial charge in [0.05, 0.1) is 61.4 Å². The number of piperidine rings is 1. The normalized spacial score (nSPS) is 20.8. The number of aliphatic hydroxyl groups is 3. The largest absolute Gasteiger partial charge is 0.496 e. The maximum absolute atomic E-state index is 14.5. The SMILES string of the molecule is C#CCN(CC)c1ccc(C(=O)NC(CCC(=O)OCC)C(=O)O)cc1.CCCSSCCC(=O)NCCNC(=O)C(C)C.CCSSCCC(=O)C[C@@H](C)C(=O)N[C@@H](C)C(=O)CC.CC[C@]1(O)CC2CN(CCc3c([nH]c4ccccc34)[C@@](COC=O)(c3cc4c(cc3OC)N(C)[C@H]3[C@@](O)(C(=O)NNC(=O)OC)[C@H](O)[C@]5(CC)C=CCN6CC[C@]43[C@@H]65)C2)C1.Cc1ccc2nc(N)[nH]c(=O)c2c1.O=C=O.O=C=O.O=C=O.O=C=O. The number of carbonyl (C=O) groups is 11. The highest BCUT2D eigenvalue weighted by Gasteiger charge is 2.79. The van der Waals surface area contributed by atoms with Crippen molar-refractivity contribution in [2.45, 2.75) is 219 Å². The van der Waals surface area contributed by atoms with Crippen LogP contribution in [0.2, 0.25) is 0 Å². The number of hydrazine groups is 1. The summed E-state index contributed by atoms with van der Waals surface area (Å²) >= 11 is 0. The number of carboxylic acid groups (broad SMARTS) is 1. The molecule has 2 aromatic heterocycles. The number of aromatic amines is 2. The summed E-state index contributed by atoms with van der Waals surface area (Å²) in [5, 5.41) is 59.3. The number of ether oxygens (including phenoxy) is 4. The van der Waals surface area contributed by atoms with Gasteiger partial charge in [0.25, 0.3) is 23.8 Å². The van der Waals surface area contributed by atoms with E-state index < -0.39 is 81.5 Å². The van der Waals surface area contributed by atoms with E-state index in [4.69, 9.17) is 69.5 Å². The molecule has 3 unspecified atom stereocenters. The van der Waals surface area contributed by atoms with Gasteiger partial charge in [0, 0.05) is 182 Å². The van der Waals surface area contributed by atoms with E-state index in [2.05, 4.69) is 94.8 Å². The van der Waals surface area contributed by atoms with Crippen LogP contribution < -0.4 is 57.9 Å². The fraction of sp³-hybridized carbons (Fsp3) is 0.544. The number of aliphatic hydroxyl groups excluding tert-OH is 1. The first-order valence-electron chi connectivity index (χ1n) is 48.7. The molecule has 7 heterocycles. The number of hydrogen-bond donors (Lipinski definition) is 13. The predicted octanol–water partition coefficient (Wildman–Crippen LogP) is 7.70. The Hall–Kier alpha value is -12.9. The van der Waals surface area contributed by atoms with Crippen LogP contribution in [0.1, 0.15) is 192 Å². The molecule has 2 bridgehead atoms. The van der Waals surface area contributed by atoms with Crippen molar-refractivity contribution < 1.29 is 130 Å². The number of nitrogens with one attached hydrogen (secondary N) is 8. The maximum atomic E-state index is 14.5. The number of hydrogen-bond acceptors (Lipinski definition) is 37. The lowest BCUT2D eigenvalue weighted by Gasteiger charge is -2.63. The number of fused-ring (bicyclic) bond motifs is 7. The number of nitrogen functional groups attached to an aromatic ring is 1. The number of terminal acetylenes is 1. The van der Waals surface area contributed by atoms with Crippen LogP contribution in [0.3, 0.4) is 0 Å². The Balaban J connectivity index is 0.000000429. The van der Waals surface area contributed by atoms with E-state index in [1.807, 2.05) is 106 Å². The number of aromatic nitrogens is 3. The van der Waals surface area contributed by atoms with Crippen LogP contribution in [-0.4, -0.2) is 293 Å². The number of aryl methyl sites for hydroxylation is 1. The van der Waals surface area contributed by atoms with E-state index in [1.165, 1.54) is 13.5 Å². The van der Waals surface area contributed by atoms with Gasteiger partial charge in [0.15, 0.2) is 11.4 Å². The van der Waals surface area contributed by atoms with Crippen molar-refractivity contribution in [1.29, 1.82) is 0 Å². The van der Waals surface area contributed by atoms with Crippen LogP contribution in [0.4, 0.5) is 22.1 Å². The number of ketones is 2. The molecule has 1 spiro atoms. The topological polar surface area (TPSA) is 615 Å². The van der Waals surface area contributed by atoms with Crippen molar-refractivity contribution in [3.05, 3.63) is 135 Å². The second kappa shape index (κ2) is 64.5. The summed E-state index contributed by atoms with van der Waals surface area (Å²) in [6.45, 7) is 28.9. The second-order valence-electron chi connectivity index (χ2n) is 35.9. The molecule has 14 N–H and O–H groups in total. The highest BCUT2D eigenvalue weighted by atomic mass is 33.1. The number of H-pyrrole nitrogens is 2. The van der Waals surface area contributed by atoms with Gasteiger partial charge in [0.2, 0.25) is 23.7 Å². The maximum Gasteiger partial charge on any atom is 0.425 e. The van der Waals surface area contributed by atoms with Crippen molar-refractivity contribution in [2.24, 2.45) is 23.2 Å². The summed E-state index contributed by atoms with van der Waals surface area (Å²) < 4.78 is 21.8. The van der Waals surface area contributed by atoms with Gasteiger partial charge in [-0.25, -0.2) is 20.0 Å². The molecule has 6 aliphatic rings. The van der Waals surface area contributed by atoms with Gasteiger partial charge in [0.1, 0.15) is 30.3 Å². The highest BCUT2D eigenvalue weighted by molar-refractivity contribution is 8.77. The van der Waals surface area contributed by atoms with Crippen LogP contribution in [0.15, 0.2) is 95.8 Å². The number of nitrogens with two attached hydrogens (primary N) is 1. The number of benzene rings is 4. The van der Waals surface area contributed by atoms with Crippen LogP contribution in [0, 0.1) is 42.4 Å². The third-order valence-corrected chi connectivity index (χ3v) is 31.2. The van der Waals surface area contributed by atoms with Gasteiger partial charge in [-0.05, 0) is 151 Å². The first-order chi connectivity index (χ1) is 71.0. The lowest BCUT2D eigenvalue weighted by molar-refractivity contribution is -0.204. The fourth-order valence-electron chi connectivity index (χ4n) is 19.5. The average Bonchev–Trinajstić information content (AvgIpc) is 1.48. The van der Waals surface area contributed by atoms with Gasteiger partial charge in [-0.1, -0.05) is 146 Å². The third kappa shape index (κ3) is 35.1. The van der Waals surface area contributed by atoms with Gasteiger partial charge >= 0.3 is 42.6 Å². The Morgan fingerprint density at radius 2 is 1.40 bits per heavy atom. The first-order valence-corrected chi connectivity index (χ1v) is 53.6. The van der Waals surface area contributed by atoms with E-state index >= 15 is 0 Å². The zero-order valence-corrected chi connectivity index (χ0v) is 90.0. The molecule has 13 atom stereocenters. The number of likely N-dealkylation sites (N-methyl/N-ethyl adjacent to an activating group) is 1. The molecule has 12 rings (SSSR count). The minimum Gasteiger partial charge on any atom is -0.496 e. The fourth-order valence-corrected chi connectivity index (χ4v) is 23.4. The minimum absolute atomic E-state index is 0.00183. The van der Waals surface area contributed by atoms with Gasteiger partial charge < -0.3 is 81.2 Å². The number of para-hydroxylation sites is 1. The molecular formula is C103H140N14O28S4. The van der Waals surface area contributed by atoms with E-state index in [0.717, 1.165) is 92.9 Å². The average molecular weight is 2150 g/mol. The number of rotatable bonds is 39. The van der Waals surface area contributed by atoms with Gasteiger partial charge in [-0.3, -0.25) is 68.2 Å². The van der Waals surface area contributed by atoms with E-state index in [-0.39, 0.29) is 122 Å². The smallest absolute Gasteiger partial charge is 0.425 e. The lowest BCUT2D eigenvalue weighted by atomic mass is 9.47. The molecule has 0 radical (unpaired) electrons. The standard InChI is InChI=1S/C45H58N6O9.C19H24N2O5.C14H25NO3S2.C12H24N2O2S2.C9H9N3O.4CO2/c1-6-41(56)21-27-22-43(25-60-26-52,35-29(13-17-50(23-27)24-41)28-11-8-9-12-32(28)46-35)31-19-30-33(20-34(31)58-4)49(3)37-44(30)15-18-51-16-10-14-42(7-2,36(44)51)38(53)45(37,57)39(54)47-48-40(55)59-5;1-4-13-21(5-2)15-9-7-14(8-10-15)18(23)20-16(19(24)25)11-12-17(22)26-6-3;1-5-13(17)11(4)15-14(18)10(3)9-12(16)7-8-20-19-6-2;1-4-8-17-18-9-5-11(15)13-6-7-14-12(16)10(2)3;1-5-2-3-7-6(4-5)8(13)12-9(10)11-7;4*2-1-3/h8-12,14,19-20,26-27,36-38,46,53,56-57H,6-7,13,15-18,21-25H2,1-5H3,(H,47,54)(H,48,55);1,7-10,16H,5-6,11-13H2,2-3H3,(H,20,23)(H,24,25);10-11H,5-9H2,1-4H3,(H,15,18);10H,4-9H2,1-3H3,(H,13,15)(H,14,16);2-4H,1H3,(H3,10,11,12,13);;;;/t27?,36-,37+,38+,41-,42+,43-,44+,45-;;10-,11+;;;;;;/m0.1....../s1. The number of amides is 6. The molecule has 1 saturated carbocycles. The molecule has 6 amide bonds. The zero-order chi connectivity index (χ0) is 112. The predicted molar refractivity (Wildman–Crippen MR) is 560 cm³/mol. The Kier molecular flexibility index (Phi) is 55.6. The Bertz CT molecular complexity index is 5700. The van der Waals surface area contributed by atoms with Crippen LogP contribution in [0.25, 0.3) is 21.8 Å². The first kappa shape index (κ1) is 128. The molecule has 2 saturated heterocycles. The summed E-state index contributed by atoms with van der Waals surface area (Å²) in [6, 6.07) is 21.6. The highest BCUT2D eigenvalue weighted by Crippen LogP contribution is 2.68. The van der Waals surface area contributed by atoms with E-state index in [1.54, 1.807) is 104 Å². The monoisotopic (exact) mass is 2150 g/mol. The van der Waals surface area contributed by atoms with Crippen molar-refractivity contribution >= 4 is 173 Å². The number of carbonyl (C=O) groups excluding carboxylic acids is 18.